The Morgan fingerprint density at radius 3 is 2.19 bits per heavy atom. The predicted octanol–water partition coefficient (Wildman–Crippen LogP) is 3.72. The smallest absolute Gasteiger partial charge is 0.185 e. The average Bonchev–Trinajstić information content (AvgIpc) is 2.42. The Bertz CT molecular complexity index is 778. The standard InChI is InChI=1S/C16H15BrO3S/c1-11-3-8-15(9-12(11)2)21(19,20)10-16(18)13-4-6-14(17)7-5-13/h3-9H,10H2,1-2H3. The molecule has 2 aromatic rings. The van der Waals surface area contributed by atoms with Gasteiger partial charge in [0.1, 0.15) is 5.75 Å². The molecule has 110 valence electrons. The zero-order valence-electron chi connectivity index (χ0n) is 11.8. The van der Waals surface area contributed by atoms with E-state index in [9.17, 15) is 13.2 Å². The van der Waals surface area contributed by atoms with Crippen molar-refractivity contribution in [1.29, 1.82) is 0 Å². The fourth-order valence-corrected chi connectivity index (χ4v) is 3.46. The number of carbonyl (C=O) groups excluding carboxylic acids is 1. The van der Waals surface area contributed by atoms with Crippen LogP contribution < -0.4 is 0 Å². The summed E-state index contributed by atoms with van der Waals surface area (Å²) in [5, 5.41) is 0. The number of hydrogen-bond acceptors (Lipinski definition) is 3. The number of ketones is 1. The third-order valence-corrected chi connectivity index (χ3v) is 5.47. The number of Topliss-reactive ketones (excluding diaryl/α,β-unsaturated/α-hetero) is 1. The van der Waals surface area contributed by atoms with Crippen molar-refractivity contribution in [3.63, 3.8) is 0 Å². The van der Waals surface area contributed by atoms with Gasteiger partial charge in [0.2, 0.25) is 0 Å². The molecule has 0 aliphatic heterocycles. The van der Waals surface area contributed by atoms with Gasteiger partial charge >= 0.3 is 0 Å². The van der Waals surface area contributed by atoms with Crippen LogP contribution in [-0.4, -0.2) is 20.0 Å². The molecule has 0 fully saturated rings. The first-order valence-corrected chi connectivity index (χ1v) is 8.83. The van der Waals surface area contributed by atoms with E-state index in [0.29, 0.717) is 5.56 Å². The van der Waals surface area contributed by atoms with Crippen LogP contribution in [0.5, 0.6) is 0 Å². The molecule has 0 atom stereocenters. The maximum Gasteiger partial charge on any atom is 0.185 e. The van der Waals surface area contributed by atoms with Crippen LogP contribution in [-0.2, 0) is 9.84 Å². The highest BCUT2D eigenvalue weighted by atomic mass is 79.9. The van der Waals surface area contributed by atoms with E-state index in [1.54, 1.807) is 42.5 Å². The molecule has 21 heavy (non-hydrogen) atoms. The lowest BCUT2D eigenvalue weighted by molar-refractivity contribution is 0.102. The van der Waals surface area contributed by atoms with E-state index in [0.717, 1.165) is 15.6 Å². The van der Waals surface area contributed by atoms with E-state index in [-0.39, 0.29) is 4.90 Å². The SMILES string of the molecule is Cc1ccc(S(=O)(=O)CC(=O)c2ccc(Br)cc2)cc1C. The highest BCUT2D eigenvalue weighted by molar-refractivity contribution is 9.10. The minimum Gasteiger partial charge on any atom is -0.293 e. The second-order valence-electron chi connectivity index (χ2n) is 4.94. The van der Waals surface area contributed by atoms with Gasteiger partial charge in [-0.25, -0.2) is 8.42 Å². The first-order chi connectivity index (χ1) is 9.79. The summed E-state index contributed by atoms with van der Waals surface area (Å²) in [4.78, 5) is 12.3. The zero-order chi connectivity index (χ0) is 15.6. The summed E-state index contributed by atoms with van der Waals surface area (Å²) in [5.74, 6) is -0.919. The first kappa shape index (κ1) is 15.9. The Hall–Kier alpha value is -1.46. The summed E-state index contributed by atoms with van der Waals surface area (Å²) in [6.07, 6.45) is 0. The second-order valence-corrected chi connectivity index (χ2v) is 7.84. The Morgan fingerprint density at radius 2 is 1.62 bits per heavy atom. The number of aryl methyl sites for hydroxylation is 2. The van der Waals surface area contributed by atoms with Crippen LogP contribution in [0, 0.1) is 13.8 Å². The Labute approximate surface area is 133 Å². The Kier molecular flexibility index (Phi) is 4.64. The van der Waals surface area contributed by atoms with Crippen LogP contribution in [0.25, 0.3) is 0 Å². The van der Waals surface area contributed by atoms with Gasteiger partial charge in [0.15, 0.2) is 15.6 Å². The highest BCUT2D eigenvalue weighted by Gasteiger charge is 2.20. The molecule has 0 saturated carbocycles. The van der Waals surface area contributed by atoms with Crippen LogP contribution in [0.2, 0.25) is 0 Å². The van der Waals surface area contributed by atoms with E-state index >= 15 is 0 Å². The number of rotatable bonds is 4. The topological polar surface area (TPSA) is 51.2 Å². The number of hydrogen-bond donors (Lipinski definition) is 0. The van der Waals surface area contributed by atoms with Crippen LogP contribution in [0.1, 0.15) is 21.5 Å². The Balaban J connectivity index is 2.26. The molecule has 0 aromatic heterocycles. The van der Waals surface area contributed by atoms with Crippen LogP contribution in [0.4, 0.5) is 0 Å². The van der Waals surface area contributed by atoms with Gasteiger partial charge in [-0.3, -0.25) is 4.79 Å². The van der Waals surface area contributed by atoms with Gasteiger partial charge in [-0.1, -0.05) is 34.1 Å². The van der Waals surface area contributed by atoms with Crippen LogP contribution in [0.15, 0.2) is 51.8 Å². The summed E-state index contributed by atoms with van der Waals surface area (Å²) >= 11 is 3.28. The Morgan fingerprint density at radius 1 is 1.00 bits per heavy atom. The molecule has 0 spiro atoms. The molecule has 3 nitrogen and oxygen atoms in total. The van der Waals surface area contributed by atoms with Crippen molar-refractivity contribution in [3.05, 3.63) is 63.6 Å². The lowest BCUT2D eigenvalue weighted by Crippen LogP contribution is -2.16. The van der Waals surface area contributed by atoms with E-state index in [1.165, 1.54) is 0 Å². The van der Waals surface area contributed by atoms with Crippen LogP contribution >= 0.6 is 15.9 Å². The molecule has 0 N–H and O–H groups in total. The van der Waals surface area contributed by atoms with Crippen molar-refractivity contribution in [2.24, 2.45) is 0 Å². The van der Waals surface area contributed by atoms with Gasteiger partial charge in [-0.2, -0.15) is 0 Å². The molecule has 0 unspecified atom stereocenters. The van der Waals surface area contributed by atoms with Crippen molar-refractivity contribution in [3.8, 4) is 0 Å². The number of halogens is 1. The fourth-order valence-electron chi connectivity index (χ4n) is 1.88. The third kappa shape index (κ3) is 3.80. The molecule has 0 heterocycles. The summed E-state index contributed by atoms with van der Waals surface area (Å²) in [6.45, 7) is 3.77. The molecule has 0 bridgehead atoms. The molecule has 2 rings (SSSR count). The second kappa shape index (κ2) is 6.12. The first-order valence-electron chi connectivity index (χ1n) is 6.38. The van der Waals surface area contributed by atoms with E-state index in [1.807, 2.05) is 13.8 Å². The van der Waals surface area contributed by atoms with E-state index in [2.05, 4.69) is 15.9 Å². The molecule has 0 amide bonds. The highest BCUT2D eigenvalue weighted by Crippen LogP contribution is 2.18. The zero-order valence-corrected chi connectivity index (χ0v) is 14.2. The quantitative estimate of drug-likeness (QED) is 0.774. The summed E-state index contributed by atoms with van der Waals surface area (Å²) < 4.78 is 25.5. The lowest BCUT2D eigenvalue weighted by atomic mass is 10.1. The molecule has 2 aromatic carbocycles. The third-order valence-electron chi connectivity index (χ3n) is 3.32. The van der Waals surface area contributed by atoms with Gasteiger partial charge < -0.3 is 0 Å². The maximum atomic E-state index is 12.3. The monoisotopic (exact) mass is 366 g/mol. The fraction of sp³-hybridized carbons (Fsp3) is 0.188. The van der Waals surface area contributed by atoms with Gasteiger partial charge in [0, 0.05) is 10.0 Å². The summed E-state index contributed by atoms with van der Waals surface area (Å²) in [5.41, 5.74) is 2.31. The van der Waals surface area contributed by atoms with Crippen molar-refractivity contribution in [2.75, 3.05) is 5.75 Å². The molecule has 0 aliphatic carbocycles. The van der Waals surface area contributed by atoms with Gasteiger partial charge in [-0.15, -0.1) is 0 Å². The van der Waals surface area contributed by atoms with Gasteiger partial charge in [-0.05, 0) is 49.2 Å². The minimum atomic E-state index is -3.62. The summed E-state index contributed by atoms with van der Waals surface area (Å²) in [6, 6.07) is 11.6. The average molecular weight is 367 g/mol. The van der Waals surface area contributed by atoms with Gasteiger partial charge in [0.05, 0.1) is 4.90 Å². The summed E-state index contributed by atoms with van der Waals surface area (Å²) in [7, 11) is -3.62. The lowest BCUT2D eigenvalue weighted by Gasteiger charge is -2.07. The largest absolute Gasteiger partial charge is 0.293 e. The molecular weight excluding hydrogens is 352 g/mol. The van der Waals surface area contributed by atoms with Crippen molar-refractivity contribution in [2.45, 2.75) is 18.7 Å². The molecular formula is C16H15BrO3S. The number of benzene rings is 2. The van der Waals surface area contributed by atoms with Crippen molar-refractivity contribution >= 4 is 31.6 Å². The van der Waals surface area contributed by atoms with Crippen LogP contribution in [0.3, 0.4) is 0 Å². The molecule has 0 saturated heterocycles. The minimum absolute atomic E-state index is 0.191. The van der Waals surface area contributed by atoms with E-state index < -0.39 is 21.4 Å². The number of carbonyl (C=O) groups is 1. The van der Waals surface area contributed by atoms with Crippen molar-refractivity contribution in [1.82, 2.24) is 0 Å². The molecule has 0 aliphatic rings. The predicted molar refractivity (Wildman–Crippen MR) is 86.4 cm³/mol. The van der Waals surface area contributed by atoms with Crippen molar-refractivity contribution < 1.29 is 13.2 Å². The van der Waals surface area contributed by atoms with E-state index in [4.69, 9.17) is 0 Å². The molecule has 5 heteroatoms. The molecule has 0 radical (unpaired) electrons. The van der Waals surface area contributed by atoms with Gasteiger partial charge in [0.25, 0.3) is 0 Å². The normalized spacial score (nSPS) is 11.4. The maximum absolute atomic E-state index is 12.3. The number of sulfone groups is 1.